The van der Waals surface area contributed by atoms with Gasteiger partial charge in [0.25, 0.3) is 5.91 Å². The molecule has 2 rings (SSSR count). The number of methoxy groups -OCH3 is 2. The first-order valence-corrected chi connectivity index (χ1v) is 8.05. The average molecular weight is 405 g/mol. The van der Waals surface area contributed by atoms with Crippen LogP contribution < -0.4 is 20.5 Å². The minimum Gasteiger partial charge on any atom is -0.493 e. The fourth-order valence-corrected chi connectivity index (χ4v) is 2.81. The minimum absolute atomic E-state index is 0.248. The second kappa shape index (κ2) is 8.34. The lowest BCUT2D eigenvalue weighted by Gasteiger charge is -2.10. The molecule has 6 nitrogen and oxygen atoms in total. The number of para-hydroxylation sites is 1. The van der Waals surface area contributed by atoms with Gasteiger partial charge in [-0.15, -0.1) is 0 Å². The van der Waals surface area contributed by atoms with E-state index < -0.39 is 5.91 Å². The van der Waals surface area contributed by atoms with Gasteiger partial charge < -0.3 is 20.5 Å². The molecule has 0 heterocycles. The van der Waals surface area contributed by atoms with Gasteiger partial charge in [0.1, 0.15) is 0 Å². The number of halogens is 1. The van der Waals surface area contributed by atoms with Crippen LogP contribution in [0, 0.1) is 0 Å². The Hall–Kier alpha value is -2.80. The maximum Gasteiger partial charge on any atom is 0.250 e. The second-order valence-corrected chi connectivity index (χ2v) is 5.82. The van der Waals surface area contributed by atoms with Gasteiger partial charge in [0, 0.05) is 6.08 Å². The van der Waals surface area contributed by atoms with Gasteiger partial charge in [0.2, 0.25) is 5.91 Å². The number of benzene rings is 2. The number of carbonyl (C=O) groups is 2. The third-order valence-electron chi connectivity index (χ3n) is 3.33. The molecule has 0 spiro atoms. The molecule has 7 heteroatoms. The number of anilines is 1. The van der Waals surface area contributed by atoms with E-state index >= 15 is 0 Å². The molecular weight excluding hydrogens is 388 g/mol. The fourth-order valence-electron chi connectivity index (χ4n) is 2.19. The standard InChI is InChI=1S/C18H17BrN2O4/c1-24-15-10-11(9-13(19)17(15)25-2)7-8-16(22)21-14-6-4-3-5-12(14)18(20)23/h3-10H,1-2H3,(H2,20,23)(H,21,22)/b8-7+. The van der Waals surface area contributed by atoms with Crippen LogP contribution in [0.2, 0.25) is 0 Å². The number of ether oxygens (including phenoxy) is 2. The molecule has 0 fully saturated rings. The van der Waals surface area contributed by atoms with Crippen LogP contribution in [0.4, 0.5) is 5.69 Å². The Morgan fingerprint density at radius 3 is 2.52 bits per heavy atom. The van der Waals surface area contributed by atoms with Crippen molar-refractivity contribution in [3.8, 4) is 11.5 Å². The van der Waals surface area contributed by atoms with E-state index in [1.807, 2.05) is 0 Å². The maximum absolute atomic E-state index is 12.1. The van der Waals surface area contributed by atoms with Crippen LogP contribution >= 0.6 is 15.9 Å². The van der Waals surface area contributed by atoms with Gasteiger partial charge in [0.05, 0.1) is 29.9 Å². The molecule has 0 saturated heterocycles. The predicted molar refractivity (Wildman–Crippen MR) is 99.9 cm³/mol. The molecule has 0 saturated carbocycles. The van der Waals surface area contributed by atoms with Gasteiger partial charge in [-0.25, -0.2) is 0 Å². The highest BCUT2D eigenvalue weighted by molar-refractivity contribution is 9.10. The van der Waals surface area contributed by atoms with Gasteiger partial charge >= 0.3 is 0 Å². The van der Waals surface area contributed by atoms with Crippen LogP contribution in [0.15, 0.2) is 46.9 Å². The summed E-state index contributed by atoms with van der Waals surface area (Å²) in [6.07, 6.45) is 2.97. The van der Waals surface area contributed by atoms with Crippen LogP contribution in [0.25, 0.3) is 6.08 Å². The summed E-state index contributed by atoms with van der Waals surface area (Å²) in [5.74, 6) is 0.110. The number of nitrogens with two attached hydrogens (primary N) is 1. The number of carbonyl (C=O) groups excluding carboxylic acids is 2. The summed E-state index contributed by atoms with van der Waals surface area (Å²) in [5.41, 5.74) is 6.64. The molecule has 0 aliphatic rings. The highest BCUT2D eigenvalue weighted by atomic mass is 79.9. The predicted octanol–water partition coefficient (Wildman–Crippen LogP) is 3.22. The first-order valence-electron chi connectivity index (χ1n) is 7.25. The molecule has 0 aromatic heterocycles. The van der Waals surface area contributed by atoms with Crippen molar-refractivity contribution in [2.24, 2.45) is 5.73 Å². The van der Waals surface area contributed by atoms with Gasteiger partial charge in [-0.2, -0.15) is 0 Å². The highest BCUT2D eigenvalue weighted by Gasteiger charge is 2.10. The van der Waals surface area contributed by atoms with Crippen LogP contribution in [0.3, 0.4) is 0 Å². The molecule has 2 aromatic carbocycles. The summed E-state index contributed by atoms with van der Waals surface area (Å²) in [4.78, 5) is 23.5. The number of hydrogen-bond acceptors (Lipinski definition) is 4. The first-order chi connectivity index (χ1) is 12.0. The summed E-state index contributed by atoms with van der Waals surface area (Å²) in [5, 5.41) is 2.63. The normalized spacial score (nSPS) is 10.5. The van der Waals surface area contributed by atoms with Crippen molar-refractivity contribution >= 4 is 39.5 Å². The number of rotatable bonds is 6. The molecule has 3 N–H and O–H groups in total. The van der Waals surface area contributed by atoms with Gasteiger partial charge in [-0.3, -0.25) is 9.59 Å². The summed E-state index contributed by atoms with van der Waals surface area (Å²) in [7, 11) is 3.08. The van der Waals surface area contributed by atoms with Crippen molar-refractivity contribution < 1.29 is 19.1 Å². The van der Waals surface area contributed by atoms with Crippen LogP contribution in [0.1, 0.15) is 15.9 Å². The van der Waals surface area contributed by atoms with Crippen LogP contribution in [-0.4, -0.2) is 26.0 Å². The van der Waals surface area contributed by atoms with Crippen molar-refractivity contribution in [3.63, 3.8) is 0 Å². The minimum atomic E-state index is -0.608. The third kappa shape index (κ3) is 4.60. The van der Waals surface area contributed by atoms with Crippen molar-refractivity contribution in [2.45, 2.75) is 0 Å². The topological polar surface area (TPSA) is 90.6 Å². The van der Waals surface area contributed by atoms with E-state index in [1.165, 1.54) is 13.2 Å². The summed E-state index contributed by atoms with van der Waals surface area (Å²) < 4.78 is 11.2. The monoisotopic (exact) mass is 404 g/mol. The molecule has 0 radical (unpaired) electrons. The van der Waals surface area contributed by atoms with Crippen molar-refractivity contribution in [2.75, 3.05) is 19.5 Å². The Bertz CT molecular complexity index is 834. The maximum atomic E-state index is 12.1. The van der Waals surface area contributed by atoms with E-state index in [1.54, 1.807) is 49.6 Å². The molecule has 2 aromatic rings. The average Bonchev–Trinajstić information content (AvgIpc) is 2.59. The number of nitrogens with one attached hydrogen (secondary N) is 1. The molecule has 2 amide bonds. The molecule has 25 heavy (non-hydrogen) atoms. The van der Waals surface area contributed by atoms with E-state index in [0.717, 1.165) is 5.56 Å². The van der Waals surface area contributed by atoms with Gasteiger partial charge in [-0.1, -0.05) is 12.1 Å². The first kappa shape index (κ1) is 18.5. The summed E-state index contributed by atoms with van der Waals surface area (Å²) in [6.45, 7) is 0. The highest BCUT2D eigenvalue weighted by Crippen LogP contribution is 2.36. The zero-order valence-electron chi connectivity index (χ0n) is 13.7. The number of amides is 2. The summed E-state index contributed by atoms with van der Waals surface area (Å²) in [6, 6.07) is 10.1. The Kier molecular flexibility index (Phi) is 6.19. The van der Waals surface area contributed by atoms with E-state index in [4.69, 9.17) is 15.2 Å². The largest absolute Gasteiger partial charge is 0.493 e. The molecule has 0 atom stereocenters. The van der Waals surface area contributed by atoms with Gasteiger partial charge in [-0.05, 0) is 51.8 Å². The molecule has 0 unspecified atom stereocenters. The van der Waals surface area contributed by atoms with Crippen LogP contribution in [-0.2, 0) is 4.79 Å². The fraction of sp³-hybridized carbons (Fsp3) is 0.111. The quantitative estimate of drug-likeness (QED) is 0.723. The molecule has 0 aliphatic carbocycles. The SMILES string of the molecule is COc1cc(/C=C/C(=O)Nc2ccccc2C(N)=O)cc(Br)c1OC. The summed E-state index contributed by atoms with van der Waals surface area (Å²) >= 11 is 3.39. The third-order valence-corrected chi connectivity index (χ3v) is 3.92. The number of hydrogen-bond donors (Lipinski definition) is 2. The Balaban J connectivity index is 2.19. The zero-order chi connectivity index (χ0) is 18.4. The van der Waals surface area contributed by atoms with E-state index in [9.17, 15) is 9.59 Å². The molecule has 0 aliphatic heterocycles. The van der Waals surface area contributed by atoms with Crippen molar-refractivity contribution in [1.82, 2.24) is 0 Å². The van der Waals surface area contributed by atoms with Gasteiger partial charge in [0.15, 0.2) is 11.5 Å². The number of primary amides is 1. The van der Waals surface area contributed by atoms with Crippen LogP contribution in [0.5, 0.6) is 11.5 Å². The van der Waals surface area contributed by atoms with Crippen molar-refractivity contribution in [3.05, 3.63) is 58.1 Å². The smallest absolute Gasteiger partial charge is 0.250 e. The lowest BCUT2D eigenvalue weighted by molar-refractivity contribution is -0.111. The lowest BCUT2D eigenvalue weighted by Crippen LogP contribution is -2.16. The second-order valence-electron chi connectivity index (χ2n) is 4.97. The molecule has 0 bridgehead atoms. The Labute approximate surface area is 153 Å². The Morgan fingerprint density at radius 1 is 1.16 bits per heavy atom. The van der Waals surface area contributed by atoms with E-state index in [-0.39, 0.29) is 11.5 Å². The lowest BCUT2D eigenvalue weighted by atomic mass is 10.1. The van der Waals surface area contributed by atoms with E-state index in [0.29, 0.717) is 21.7 Å². The molecule has 130 valence electrons. The van der Waals surface area contributed by atoms with Crippen molar-refractivity contribution in [1.29, 1.82) is 0 Å². The Morgan fingerprint density at radius 2 is 1.88 bits per heavy atom. The molecular formula is C18H17BrN2O4. The zero-order valence-corrected chi connectivity index (χ0v) is 15.3. The van der Waals surface area contributed by atoms with E-state index in [2.05, 4.69) is 21.2 Å².